The van der Waals surface area contributed by atoms with Gasteiger partial charge < -0.3 is 19.6 Å². The van der Waals surface area contributed by atoms with Gasteiger partial charge in [-0.2, -0.15) is 21.6 Å². The summed E-state index contributed by atoms with van der Waals surface area (Å²) in [5.74, 6) is -1.07. The van der Waals surface area contributed by atoms with E-state index in [1.807, 2.05) is 18.2 Å². The molecule has 0 aliphatic rings. The highest BCUT2D eigenvalue weighted by atomic mass is 32.2. The molecule has 2 N–H and O–H groups in total. The molecule has 0 heterocycles. The number of carbonyl (C=O) groups excluding carboxylic acids is 2. The summed E-state index contributed by atoms with van der Waals surface area (Å²) >= 11 is 0. The van der Waals surface area contributed by atoms with Crippen molar-refractivity contribution in [3.63, 3.8) is 0 Å². The lowest BCUT2D eigenvalue weighted by Crippen LogP contribution is -2.49. The van der Waals surface area contributed by atoms with Gasteiger partial charge in [0.05, 0.1) is 0 Å². The van der Waals surface area contributed by atoms with E-state index >= 15 is 0 Å². The molecule has 0 unspecified atom stereocenters. The van der Waals surface area contributed by atoms with Crippen molar-refractivity contribution < 1.29 is 40.1 Å². The second-order valence-corrected chi connectivity index (χ2v) is 9.77. The summed E-state index contributed by atoms with van der Waals surface area (Å²) in [5, 5.41) is 5.19. The van der Waals surface area contributed by atoms with E-state index in [0.29, 0.717) is 5.56 Å². The van der Waals surface area contributed by atoms with Gasteiger partial charge in [-0.15, -0.1) is 0 Å². The Morgan fingerprint density at radius 2 is 1.53 bits per heavy atom. The van der Waals surface area contributed by atoms with E-state index in [1.165, 1.54) is 12.1 Å². The molecule has 0 saturated carbocycles. The van der Waals surface area contributed by atoms with Crippen molar-refractivity contribution in [1.29, 1.82) is 0 Å². The van der Waals surface area contributed by atoms with Crippen LogP contribution in [0.25, 0.3) is 0 Å². The van der Waals surface area contributed by atoms with Crippen LogP contribution in [0.4, 0.5) is 18.0 Å². The van der Waals surface area contributed by atoms with Crippen molar-refractivity contribution in [1.82, 2.24) is 10.6 Å². The van der Waals surface area contributed by atoms with E-state index in [9.17, 15) is 31.2 Å². The van der Waals surface area contributed by atoms with Crippen LogP contribution in [-0.2, 0) is 32.6 Å². The molecule has 0 aliphatic heterocycles. The lowest BCUT2D eigenvalue weighted by atomic mass is 10.0. The standard InChI is InChI=1S/C22H25F3N2O6S/c1-21(2,3)32-20(29)27-18(19(28)26-14-16-7-5-4-6-8-16)13-15-9-11-17(12-10-15)33-34(30,31)22(23,24)25/h4-12,18H,13-14H2,1-3H3,(H,26,28)(H,27,29)/t18-/m0/s1. The number of benzene rings is 2. The molecule has 186 valence electrons. The van der Waals surface area contributed by atoms with Gasteiger partial charge in [-0.05, 0) is 44.0 Å². The molecule has 2 aromatic rings. The van der Waals surface area contributed by atoms with Crippen LogP contribution in [0.1, 0.15) is 31.9 Å². The Morgan fingerprint density at radius 3 is 2.06 bits per heavy atom. The number of halogens is 3. The van der Waals surface area contributed by atoms with Crippen molar-refractivity contribution in [2.45, 2.75) is 50.9 Å². The maximum absolute atomic E-state index is 12.8. The molecule has 0 fully saturated rings. The first kappa shape index (κ1) is 27.0. The molecule has 2 rings (SSSR count). The number of alkyl halides is 3. The van der Waals surface area contributed by atoms with Crippen LogP contribution in [0.2, 0.25) is 0 Å². The SMILES string of the molecule is CC(C)(C)OC(=O)N[C@@H](Cc1ccc(OS(=O)(=O)C(F)(F)F)cc1)C(=O)NCc1ccccc1. The second kappa shape index (κ2) is 10.8. The smallest absolute Gasteiger partial charge is 0.444 e. The van der Waals surface area contributed by atoms with Crippen molar-refractivity contribution in [2.24, 2.45) is 0 Å². The molecule has 0 radical (unpaired) electrons. The molecular formula is C22H25F3N2O6S. The summed E-state index contributed by atoms with van der Waals surface area (Å²) in [6, 6.07) is 12.6. The molecular weight excluding hydrogens is 477 g/mol. The van der Waals surface area contributed by atoms with Crippen molar-refractivity contribution in [2.75, 3.05) is 0 Å². The number of hydrogen-bond acceptors (Lipinski definition) is 6. The van der Waals surface area contributed by atoms with Crippen LogP contribution >= 0.6 is 0 Å². The quantitative estimate of drug-likeness (QED) is 0.421. The van der Waals surface area contributed by atoms with Gasteiger partial charge in [0.15, 0.2) is 0 Å². The number of hydrogen-bond donors (Lipinski definition) is 2. The van der Waals surface area contributed by atoms with E-state index in [-0.39, 0.29) is 13.0 Å². The third-order valence-corrected chi connectivity index (χ3v) is 5.15. The van der Waals surface area contributed by atoms with Crippen molar-refractivity contribution in [3.05, 3.63) is 65.7 Å². The summed E-state index contributed by atoms with van der Waals surface area (Å²) in [6.07, 6.45) is -0.879. The molecule has 8 nitrogen and oxygen atoms in total. The van der Waals surface area contributed by atoms with Crippen LogP contribution in [0.15, 0.2) is 54.6 Å². The predicted octanol–water partition coefficient (Wildman–Crippen LogP) is 3.67. The number of rotatable bonds is 8. The fraction of sp³-hybridized carbons (Fsp3) is 0.364. The van der Waals surface area contributed by atoms with Gasteiger partial charge >= 0.3 is 21.7 Å². The molecule has 0 saturated heterocycles. The molecule has 34 heavy (non-hydrogen) atoms. The molecule has 0 aliphatic carbocycles. The van der Waals surface area contributed by atoms with Gasteiger partial charge in [-0.1, -0.05) is 42.5 Å². The summed E-state index contributed by atoms with van der Waals surface area (Å²) in [7, 11) is -5.80. The Balaban J connectivity index is 2.13. The third kappa shape index (κ3) is 8.58. The topological polar surface area (TPSA) is 111 Å². The molecule has 1 atom stereocenters. The van der Waals surface area contributed by atoms with Gasteiger partial charge in [-0.25, -0.2) is 4.79 Å². The third-order valence-electron chi connectivity index (χ3n) is 4.17. The van der Waals surface area contributed by atoms with E-state index in [0.717, 1.165) is 17.7 Å². The zero-order valence-electron chi connectivity index (χ0n) is 18.7. The van der Waals surface area contributed by atoms with Crippen LogP contribution in [0.5, 0.6) is 5.75 Å². The van der Waals surface area contributed by atoms with E-state index in [2.05, 4.69) is 14.8 Å². The fourth-order valence-corrected chi connectivity index (χ4v) is 3.12. The van der Waals surface area contributed by atoms with Crippen LogP contribution in [0.3, 0.4) is 0 Å². The number of nitrogens with one attached hydrogen (secondary N) is 2. The Labute approximate surface area is 195 Å². The van der Waals surface area contributed by atoms with E-state index < -0.39 is 45.0 Å². The van der Waals surface area contributed by atoms with Crippen LogP contribution < -0.4 is 14.8 Å². The van der Waals surface area contributed by atoms with E-state index in [1.54, 1.807) is 32.9 Å². The zero-order chi connectivity index (χ0) is 25.6. The summed E-state index contributed by atoms with van der Waals surface area (Å²) in [4.78, 5) is 25.0. The van der Waals surface area contributed by atoms with Gasteiger partial charge in [-0.3, -0.25) is 4.79 Å². The highest BCUT2D eigenvalue weighted by molar-refractivity contribution is 7.88. The van der Waals surface area contributed by atoms with E-state index in [4.69, 9.17) is 4.74 Å². The average molecular weight is 503 g/mol. The van der Waals surface area contributed by atoms with Crippen molar-refractivity contribution in [3.8, 4) is 5.75 Å². The number of ether oxygens (including phenoxy) is 1. The maximum atomic E-state index is 12.8. The van der Waals surface area contributed by atoms with Gasteiger partial charge in [0, 0.05) is 13.0 Å². The maximum Gasteiger partial charge on any atom is 0.534 e. The number of alkyl carbamates (subject to hydrolysis) is 1. The first-order chi connectivity index (χ1) is 15.7. The lowest BCUT2D eigenvalue weighted by Gasteiger charge is -2.23. The Bertz CT molecular complexity index is 1080. The molecule has 0 bridgehead atoms. The van der Waals surface area contributed by atoms with Gasteiger partial charge in [0.2, 0.25) is 5.91 Å². The molecule has 12 heteroatoms. The second-order valence-electron chi connectivity index (χ2n) is 8.23. The lowest BCUT2D eigenvalue weighted by molar-refractivity contribution is -0.123. The average Bonchev–Trinajstić information content (AvgIpc) is 2.71. The largest absolute Gasteiger partial charge is 0.534 e. The normalized spacial score (nSPS) is 13.0. The summed E-state index contributed by atoms with van der Waals surface area (Å²) < 4.78 is 69.0. The Morgan fingerprint density at radius 1 is 0.941 bits per heavy atom. The minimum absolute atomic E-state index is 0.0494. The monoisotopic (exact) mass is 502 g/mol. The highest BCUT2D eigenvalue weighted by Crippen LogP contribution is 2.27. The van der Waals surface area contributed by atoms with Crippen LogP contribution in [-0.4, -0.2) is 37.6 Å². The minimum Gasteiger partial charge on any atom is -0.444 e. The Hall–Kier alpha value is -3.28. The van der Waals surface area contributed by atoms with Crippen molar-refractivity contribution >= 4 is 22.1 Å². The molecule has 2 amide bonds. The Kier molecular flexibility index (Phi) is 8.54. The van der Waals surface area contributed by atoms with Gasteiger partial charge in [0.1, 0.15) is 17.4 Å². The molecule has 0 aromatic heterocycles. The zero-order valence-corrected chi connectivity index (χ0v) is 19.5. The summed E-state index contributed by atoms with van der Waals surface area (Å²) in [6.45, 7) is 5.18. The predicted molar refractivity (Wildman–Crippen MR) is 117 cm³/mol. The molecule has 0 spiro atoms. The summed E-state index contributed by atoms with van der Waals surface area (Å²) in [5.41, 5.74) is -5.12. The molecule has 2 aromatic carbocycles. The number of carbonyl (C=O) groups is 2. The minimum atomic E-state index is -5.80. The first-order valence-corrected chi connectivity index (χ1v) is 11.5. The van der Waals surface area contributed by atoms with Crippen LogP contribution in [0, 0.1) is 0 Å². The first-order valence-electron chi connectivity index (χ1n) is 10.1. The van der Waals surface area contributed by atoms with Gasteiger partial charge in [0.25, 0.3) is 0 Å². The number of amides is 2. The highest BCUT2D eigenvalue weighted by Gasteiger charge is 2.48. The fourth-order valence-electron chi connectivity index (χ4n) is 2.66.